The fourth-order valence-corrected chi connectivity index (χ4v) is 6.94. The van der Waals surface area contributed by atoms with Crippen LogP contribution < -0.4 is 9.47 Å². The van der Waals surface area contributed by atoms with Gasteiger partial charge in [0.15, 0.2) is 6.61 Å². The molecule has 1 aliphatic heterocycles. The van der Waals surface area contributed by atoms with Gasteiger partial charge in [0.2, 0.25) is 0 Å². The van der Waals surface area contributed by atoms with Crippen LogP contribution in [-0.2, 0) is 21.5 Å². The smallest absolute Gasteiger partial charge is 0.344 e. The van der Waals surface area contributed by atoms with Gasteiger partial charge in [-0.05, 0) is 103 Å². The second-order valence-electron chi connectivity index (χ2n) is 10.0. The molecule has 194 valence electrons. The molecule has 0 saturated heterocycles. The van der Waals surface area contributed by atoms with E-state index >= 15 is 0 Å². The van der Waals surface area contributed by atoms with Gasteiger partial charge in [0.1, 0.15) is 11.5 Å². The molecule has 5 rings (SSSR count). The van der Waals surface area contributed by atoms with E-state index in [1.54, 1.807) is 14.0 Å². The highest BCUT2D eigenvalue weighted by Crippen LogP contribution is 2.48. The van der Waals surface area contributed by atoms with Gasteiger partial charge in [-0.1, -0.05) is 37.1 Å². The van der Waals surface area contributed by atoms with E-state index in [9.17, 15) is 4.79 Å². The van der Waals surface area contributed by atoms with Crippen molar-refractivity contribution in [3.63, 3.8) is 0 Å². The summed E-state index contributed by atoms with van der Waals surface area (Å²) in [5.41, 5.74) is 6.62. The zero-order valence-corrected chi connectivity index (χ0v) is 22.7. The number of aryl methyl sites for hydroxylation is 1. The number of carbonyl (C=O) groups excluding carboxylic acids is 1. The van der Waals surface area contributed by atoms with Crippen LogP contribution in [-0.4, -0.2) is 37.1 Å². The summed E-state index contributed by atoms with van der Waals surface area (Å²) in [6.07, 6.45) is 5.08. The van der Waals surface area contributed by atoms with Crippen LogP contribution in [0.15, 0.2) is 65.6 Å². The molecule has 37 heavy (non-hydrogen) atoms. The van der Waals surface area contributed by atoms with Crippen molar-refractivity contribution in [2.45, 2.75) is 56.4 Å². The van der Waals surface area contributed by atoms with Crippen molar-refractivity contribution in [2.75, 3.05) is 26.9 Å². The minimum Gasteiger partial charge on any atom is -0.497 e. The molecule has 1 aliphatic carbocycles. The number of hydrogen-bond acceptors (Lipinski definition) is 6. The minimum absolute atomic E-state index is 0.0672. The average molecular weight is 518 g/mol. The van der Waals surface area contributed by atoms with Crippen molar-refractivity contribution in [3.05, 3.63) is 77.4 Å². The molecule has 3 aromatic carbocycles. The molecule has 0 unspecified atom stereocenters. The molecular weight excluding hydrogens is 482 g/mol. The highest BCUT2D eigenvalue weighted by Gasteiger charge is 2.42. The van der Waals surface area contributed by atoms with E-state index in [4.69, 9.17) is 14.2 Å². The molecule has 6 heteroatoms. The molecule has 1 heterocycles. The lowest BCUT2D eigenvalue weighted by Crippen LogP contribution is -2.41. The molecule has 5 nitrogen and oxygen atoms in total. The second kappa shape index (κ2) is 11.2. The predicted octanol–water partition coefficient (Wildman–Crippen LogP) is 6.95. The lowest BCUT2D eigenvalue weighted by atomic mass is 9.74. The van der Waals surface area contributed by atoms with Crippen molar-refractivity contribution >= 4 is 17.9 Å². The van der Waals surface area contributed by atoms with Gasteiger partial charge >= 0.3 is 5.97 Å². The van der Waals surface area contributed by atoms with E-state index < -0.39 is 0 Å². The first-order valence-corrected chi connectivity index (χ1v) is 13.9. The zero-order chi connectivity index (χ0) is 25.8. The third-order valence-electron chi connectivity index (χ3n) is 7.50. The number of methoxy groups -OCH3 is 1. The van der Waals surface area contributed by atoms with Crippen molar-refractivity contribution in [1.29, 1.82) is 0 Å². The number of nitrogens with zero attached hydrogens (tertiary/aromatic N) is 1. The molecule has 0 N–H and O–H groups in total. The molecule has 0 radical (unpaired) electrons. The van der Waals surface area contributed by atoms with Crippen LogP contribution in [0.3, 0.4) is 0 Å². The zero-order valence-electron chi connectivity index (χ0n) is 21.9. The topological polar surface area (TPSA) is 48.0 Å². The van der Waals surface area contributed by atoms with Crippen LogP contribution in [0.5, 0.6) is 11.5 Å². The van der Waals surface area contributed by atoms with Gasteiger partial charge in [-0.25, -0.2) is 9.10 Å². The molecular formula is C31H35NO4S. The Bertz CT molecular complexity index is 1270. The first-order valence-electron chi connectivity index (χ1n) is 13.1. The summed E-state index contributed by atoms with van der Waals surface area (Å²) in [6.45, 7) is 6.07. The second-order valence-corrected chi connectivity index (χ2v) is 11.2. The van der Waals surface area contributed by atoms with Crippen LogP contribution >= 0.6 is 11.9 Å². The Labute approximate surface area is 224 Å². The number of rotatable bonds is 8. The summed E-state index contributed by atoms with van der Waals surface area (Å²) < 4.78 is 18.6. The molecule has 1 fully saturated rings. The van der Waals surface area contributed by atoms with Gasteiger partial charge in [0.25, 0.3) is 0 Å². The van der Waals surface area contributed by atoms with E-state index in [0.717, 1.165) is 30.2 Å². The summed E-state index contributed by atoms with van der Waals surface area (Å²) in [5, 5.41) is 0. The number of ether oxygens (including phenoxy) is 3. The SMILES string of the molecule is CCOC(=O)COc1ccc(SN2Cc3cc(-c4cccc(OC)c4)ccc3C3(CCCC3)C2)cc1C. The quantitative estimate of drug-likeness (QED) is 0.238. The lowest BCUT2D eigenvalue weighted by molar-refractivity contribution is -0.145. The van der Waals surface area contributed by atoms with Gasteiger partial charge in [-0.15, -0.1) is 0 Å². The van der Waals surface area contributed by atoms with Gasteiger partial charge in [0, 0.05) is 23.4 Å². The largest absolute Gasteiger partial charge is 0.497 e. The molecule has 1 saturated carbocycles. The number of fused-ring (bicyclic) bond motifs is 2. The maximum absolute atomic E-state index is 11.7. The van der Waals surface area contributed by atoms with E-state index in [2.05, 4.69) is 52.8 Å². The van der Waals surface area contributed by atoms with Crippen LogP contribution in [0, 0.1) is 6.92 Å². The first-order chi connectivity index (χ1) is 18.0. The van der Waals surface area contributed by atoms with Crippen molar-refractivity contribution in [2.24, 2.45) is 0 Å². The minimum atomic E-state index is -0.345. The molecule has 1 spiro atoms. The Balaban J connectivity index is 1.37. The maximum atomic E-state index is 11.7. The summed E-state index contributed by atoms with van der Waals surface area (Å²) in [4.78, 5) is 12.8. The normalized spacial score (nSPS) is 16.4. The first kappa shape index (κ1) is 25.7. The third kappa shape index (κ3) is 5.65. The van der Waals surface area contributed by atoms with Gasteiger partial charge < -0.3 is 14.2 Å². The third-order valence-corrected chi connectivity index (χ3v) is 8.48. The average Bonchev–Trinajstić information content (AvgIpc) is 3.36. The van der Waals surface area contributed by atoms with Crippen LogP contribution in [0.25, 0.3) is 11.1 Å². The Hall–Kier alpha value is -2.96. The molecule has 0 atom stereocenters. The number of carbonyl (C=O) groups is 1. The maximum Gasteiger partial charge on any atom is 0.344 e. The summed E-state index contributed by atoms with van der Waals surface area (Å²) in [7, 11) is 1.71. The van der Waals surface area contributed by atoms with Crippen LogP contribution in [0.2, 0.25) is 0 Å². The monoisotopic (exact) mass is 517 g/mol. The van der Waals surface area contributed by atoms with Crippen molar-refractivity contribution in [1.82, 2.24) is 4.31 Å². The number of hydrogen-bond donors (Lipinski definition) is 0. The number of esters is 1. The van der Waals surface area contributed by atoms with E-state index in [1.807, 2.05) is 31.0 Å². The van der Waals surface area contributed by atoms with Gasteiger partial charge in [-0.3, -0.25) is 0 Å². The summed E-state index contributed by atoms with van der Waals surface area (Å²) >= 11 is 1.82. The lowest BCUT2D eigenvalue weighted by Gasteiger charge is -2.42. The molecule has 0 bridgehead atoms. The Morgan fingerprint density at radius 2 is 1.84 bits per heavy atom. The standard InChI is InChI=1S/C31H35NO4S/c1-4-35-30(33)20-36-29-13-11-27(16-22(29)2)37-32-19-25-17-24(23-8-7-9-26(18-23)34-3)10-12-28(25)31(21-32)14-5-6-15-31/h7-13,16-18H,4-6,14-15,19-21H2,1-3H3. The van der Waals surface area contributed by atoms with E-state index in [1.165, 1.54) is 52.8 Å². The Morgan fingerprint density at radius 3 is 2.59 bits per heavy atom. The van der Waals surface area contributed by atoms with Gasteiger partial charge in [0.05, 0.1) is 13.7 Å². The number of benzene rings is 3. The fraction of sp³-hybridized carbons (Fsp3) is 0.387. The molecule has 2 aliphatic rings. The Morgan fingerprint density at radius 1 is 1.03 bits per heavy atom. The molecule has 0 aromatic heterocycles. The van der Waals surface area contributed by atoms with Crippen LogP contribution in [0.1, 0.15) is 49.3 Å². The Kier molecular flexibility index (Phi) is 7.77. The van der Waals surface area contributed by atoms with Gasteiger partial charge in [-0.2, -0.15) is 0 Å². The summed E-state index contributed by atoms with van der Waals surface area (Å²) in [5.74, 6) is 1.25. The highest BCUT2D eigenvalue weighted by atomic mass is 32.2. The fourth-order valence-electron chi connectivity index (χ4n) is 5.77. The summed E-state index contributed by atoms with van der Waals surface area (Å²) in [6, 6.07) is 21.5. The highest BCUT2D eigenvalue weighted by molar-refractivity contribution is 7.97. The van der Waals surface area contributed by atoms with Crippen molar-refractivity contribution < 1.29 is 19.0 Å². The predicted molar refractivity (Wildman–Crippen MR) is 148 cm³/mol. The van der Waals surface area contributed by atoms with Crippen molar-refractivity contribution in [3.8, 4) is 22.6 Å². The van der Waals surface area contributed by atoms with E-state index in [0.29, 0.717) is 6.61 Å². The molecule has 3 aromatic rings. The molecule has 0 amide bonds. The van der Waals surface area contributed by atoms with E-state index in [-0.39, 0.29) is 18.0 Å². The van der Waals surface area contributed by atoms with Crippen LogP contribution in [0.4, 0.5) is 0 Å².